The summed E-state index contributed by atoms with van der Waals surface area (Å²) in [6.07, 6.45) is 1.34. The molecule has 4 heteroatoms. The van der Waals surface area contributed by atoms with Gasteiger partial charge in [0.15, 0.2) is 0 Å². The summed E-state index contributed by atoms with van der Waals surface area (Å²) < 4.78 is 0. The Morgan fingerprint density at radius 3 is 3.00 bits per heavy atom. The summed E-state index contributed by atoms with van der Waals surface area (Å²) in [4.78, 5) is 13.0. The predicted octanol–water partition coefficient (Wildman–Crippen LogP) is 0.288. The smallest absolute Gasteiger partial charge is 0.232 e. The predicted molar refractivity (Wildman–Crippen MR) is 50.3 cm³/mol. The van der Waals surface area contributed by atoms with E-state index in [1.807, 2.05) is 6.92 Å². The van der Waals surface area contributed by atoms with E-state index in [2.05, 4.69) is 12.6 Å². The highest BCUT2D eigenvalue weighted by Crippen LogP contribution is 2.17. The number of thiol groups is 1. The molecule has 1 aliphatic rings. The summed E-state index contributed by atoms with van der Waals surface area (Å²) in [7, 11) is 0. The molecule has 0 bridgehead atoms. The van der Waals surface area contributed by atoms with Gasteiger partial charge in [0.25, 0.3) is 0 Å². The van der Waals surface area contributed by atoms with E-state index in [1.165, 1.54) is 0 Å². The number of likely N-dealkylation sites (tertiary alicyclic amines) is 1. The third-order valence-electron chi connectivity index (χ3n) is 2.40. The molecule has 0 spiro atoms. The second-order valence-electron chi connectivity index (χ2n) is 3.20. The lowest BCUT2D eigenvalue weighted by molar-refractivity contribution is -0.135. The van der Waals surface area contributed by atoms with Crippen molar-refractivity contribution >= 4 is 18.5 Å². The topological polar surface area (TPSA) is 40.5 Å². The molecule has 1 amide bonds. The zero-order valence-electron chi connectivity index (χ0n) is 7.23. The van der Waals surface area contributed by atoms with Crippen molar-refractivity contribution in [2.75, 3.05) is 12.3 Å². The summed E-state index contributed by atoms with van der Waals surface area (Å²) in [5, 5.41) is 9.47. The Labute approximate surface area is 78.2 Å². The third kappa shape index (κ3) is 1.93. The molecular weight excluding hydrogens is 174 g/mol. The second kappa shape index (κ2) is 4.14. The van der Waals surface area contributed by atoms with Gasteiger partial charge in [-0.3, -0.25) is 4.79 Å². The van der Waals surface area contributed by atoms with Gasteiger partial charge in [-0.1, -0.05) is 0 Å². The first-order valence-corrected chi connectivity index (χ1v) is 4.88. The van der Waals surface area contributed by atoms with Crippen molar-refractivity contribution in [3.63, 3.8) is 0 Å². The number of carbonyl (C=O) groups excluding carboxylic acids is 1. The van der Waals surface area contributed by atoms with Gasteiger partial charge in [0, 0.05) is 6.54 Å². The molecule has 1 saturated heterocycles. The van der Waals surface area contributed by atoms with Crippen LogP contribution in [0, 0.1) is 0 Å². The maximum absolute atomic E-state index is 11.3. The van der Waals surface area contributed by atoms with Crippen LogP contribution >= 0.6 is 12.6 Å². The fraction of sp³-hybridized carbons (Fsp3) is 0.875. The number of amides is 1. The van der Waals surface area contributed by atoms with E-state index in [1.54, 1.807) is 4.90 Å². The lowest BCUT2D eigenvalue weighted by Crippen LogP contribution is -2.49. The molecule has 0 radical (unpaired) electrons. The molecule has 1 heterocycles. The van der Waals surface area contributed by atoms with Gasteiger partial charge in [0.2, 0.25) is 5.91 Å². The van der Waals surface area contributed by atoms with Crippen LogP contribution in [0.5, 0.6) is 0 Å². The van der Waals surface area contributed by atoms with Crippen LogP contribution in [0.4, 0.5) is 0 Å². The van der Waals surface area contributed by atoms with E-state index in [0.717, 1.165) is 19.4 Å². The summed E-state index contributed by atoms with van der Waals surface area (Å²) in [6, 6.07) is -0.0431. The number of hydrogen-bond acceptors (Lipinski definition) is 3. The highest BCUT2D eigenvalue weighted by Gasteiger charge is 2.28. The summed E-state index contributed by atoms with van der Waals surface area (Å²) in [5.74, 6) is 0.251. The second-order valence-corrected chi connectivity index (χ2v) is 3.51. The molecule has 1 fully saturated rings. The molecule has 0 aromatic heterocycles. The Hall–Kier alpha value is -0.220. The van der Waals surface area contributed by atoms with E-state index >= 15 is 0 Å². The van der Waals surface area contributed by atoms with Gasteiger partial charge in [0.05, 0.1) is 17.9 Å². The standard InChI is InChI=1S/C8H15NO2S/c1-6-7(10)3-2-4-9(6)8(11)5-12/h6-7,10,12H,2-5H2,1H3. The lowest BCUT2D eigenvalue weighted by Gasteiger charge is -2.36. The minimum Gasteiger partial charge on any atom is -0.391 e. The SMILES string of the molecule is CC1C(O)CCCN1C(=O)CS. The number of carbonyl (C=O) groups is 1. The van der Waals surface area contributed by atoms with Crippen LogP contribution in [0.2, 0.25) is 0 Å². The number of hydrogen-bond donors (Lipinski definition) is 2. The molecule has 0 aliphatic carbocycles. The quantitative estimate of drug-likeness (QED) is 0.582. The first-order chi connectivity index (χ1) is 5.66. The van der Waals surface area contributed by atoms with Crippen molar-refractivity contribution < 1.29 is 9.90 Å². The van der Waals surface area contributed by atoms with Crippen LogP contribution in [0.15, 0.2) is 0 Å². The third-order valence-corrected chi connectivity index (χ3v) is 2.67. The first kappa shape index (κ1) is 9.86. The molecule has 1 aliphatic heterocycles. The van der Waals surface area contributed by atoms with Crippen molar-refractivity contribution in [1.82, 2.24) is 4.90 Å². The minimum atomic E-state index is -0.359. The zero-order valence-corrected chi connectivity index (χ0v) is 8.13. The highest BCUT2D eigenvalue weighted by atomic mass is 32.1. The van der Waals surface area contributed by atoms with Gasteiger partial charge in [-0.2, -0.15) is 12.6 Å². The molecule has 0 saturated carbocycles. The number of nitrogens with zero attached hydrogens (tertiary/aromatic N) is 1. The summed E-state index contributed by atoms with van der Waals surface area (Å²) >= 11 is 3.92. The van der Waals surface area contributed by atoms with Crippen molar-refractivity contribution in [1.29, 1.82) is 0 Å². The van der Waals surface area contributed by atoms with E-state index in [-0.39, 0.29) is 23.8 Å². The first-order valence-electron chi connectivity index (χ1n) is 4.25. The van der Waals surface area contributed by atoms with Gasteiger partial charge < -0.3 is 10.0 Å². The molecule has 0 aromatic carbocycles. The molecule has 12 heavy (non-hydrogen) atoms. The fourth-order valence-corrected chi connectivity index (χ4v) is 1.75. The minimum absolute atomic E-state index is 0.0181. The number of piperidine rings is 1. The molecule has 70 valence electrons. The normalized spacial score (nSPS) is 30.4. The number of aliphatic hydroxyl groups is 1. The summed E-state index contributed by atoms with van der Waals surface area (Å²) in [5.41, 5.74) is 0. The van der Waals surface area contributed by atoms with Gasteiger partial charge in [-0.25, -0.2) is 0 Å². The van der Waals surface area contributed by atoms with E-state index < -0.39 is 0 Å². The number of rotatable bonds is 1. The molecule has 1 rings (SSSR count). The Balaban J connectivity index is 2.57. The van der Waals surface area contributed by atoms with Gasteiger partial charge in [-0.15, -0.1) is 0 Å². The van der Waals surface area contributed by atoms with Crippen LogP contribution in [0.1, 0.15) is 19.8 Å². The fourth-order valence-electron chi connectivity index (χ4n) is 1.57. The maximum Gasteiger partial charge on any atom is 0.232 e. The van der Waals surface area contributed by atoms with Gasteiger partial charge in [0.1, 0.15) is 0 Å². The maximum atomic E-state index is 11.3. The van der Waals surface area contributed by atoms with E-state index in [4.69, 9.17) is 0 Å². The van der Waals surface area contributed by atoms with Crippen molar-refractivity contribution in [2.45, 2.75) is 31.9 Å². The van der Waals surface area contributed by atoms with Crippen molar-refractivity contribution in [3.05, 3.63) is 0 Å². The van der Waals surface area contributed by atoms with Crippen molar-refractivity contribution in [2.24, 2.45) is 0 Å². The van der Waals surface area contributed by atoms with Crippen LogP contribution in [-0.4, -0.2) is 40.4 Å². The van der Waals surface area contributed by atoms with Crippen LogP contribution in [0.3, 0.4) is 0 Å². The molecular formula is C8H15NO2S. The molecule has 3 nitrogen and oxygen atoms in total. The molecule has 1 N–H and O–H groups in total. The molecule has 0 aromatic rings. The van der Waals surface area contributed by atoms with Crippen molar-refractivity contribution in [3.8, 4) is 0 Å². The lowest BCUT2D eigenvalue weighted by atomic mass is 10.0. The monoisotopic (exact) mass is 189 g/mol. The largest absolute Gasteiger partial charge is 0.391 e. The Kier molecular flexibility index (Phi) is 3.40. The van der Waals surface area contributed by atoms with Gasteiger partial charge >= 0.3 is 0 Å². The molecule has 2 atom stereocenters. The zero-order chi connectivity index (χ0) is 9.14. The van der Waals surface area contributed by atoms with Gasteiger partial charge in [-0.05, 0) is 19.8 Å². The number of aliphatic hydroxyl groups excluding tert-OH is 1. The average molecular weight is 189 g/mol. The molecule has 2 unspecified atom stereocenters. The Bertz CT molecular complexity index is 174. The average Bonchev–Trinajstić information content (AvgIpc) is 2.08. The highest BCUT2D eigenvalue weighted by molar-refractivity contribution is 7.81. The Morgan fingerprint density at radius 1 is 1.75 bits per heavy atom. The Morgan fingerprint density at radius 2 is 2.42 bits per heavy atom. The van der Waals surface area contributed by atoms with Crippen LogP contribution < -0.4 is 0 Å². The van der Waals surface area contributed by atoms with E-state index in [9.17, 15) is 9.90 Å². The van der Waals surface area contributed by atoms with E-state index in [0.29, 0.717) is 0 Å². The summed E-state index contributed by atoms with van der Waals surface area (Å²) in [6.45, 7) is 2.64. The van der Waals surface area contributed by atoms with Crippen LogP contribution in [0.25, 0.3) is 0 Å². The van der Waals surface area contributed by atoms with Crippen LogP contribution in [-0.2, 0) is 4.79 Å².